The summed E-state index contributed by atoms with van der Waals surface area (Å²) in [6, 6.07) is 5.68. The van der Waals surface area contributed by atoms with Crippen molar-refractivity contribution in [2.45, 2.75) is 26.5 Å². The van der Waals surface area contributed by atoms with Crippen LogP contribution in [0.25, 0.3) is 11.2 Å². The minimum Gasteiger partial charge on any atom is -0.491 e. The number of aliphatic hydroxyl groups excluding tert-OH is 1. The molecule has 9 nitrogen and oxygen atoms in total. The standard InChI is InChI=1S/C18H23N5O4/c1-10-5-6-13(7-11(10)2)27-9-12(24)8-23-14-15(20-17(23)19)21(3)18(26)22(4)16(14)25/h5-7,12,24H,8-9H2,1-4H3,(H2,19,20). The molecule has 0 bridgehead atoms. The Balaban J connectivity index is 1.86. The topological polar surface area (TPSA) is 117 Å². The highest BCUT2D eigenvalue weighted by molar-refractivity contribution is 5.73. The third-order valence-electron chi connectivity index (χ3n) is 4.69. The largest absolute Gasteiger partial charge is 0.491 e. The Morgan fingerprint density at radius 1 is 1.19 bits per heavy atom. The zero-order chi connectivity index (χ0) is 19.9. The molecule has 0 fully saturated rings. The lowest BCUT2D eigenvalue weighted by Gasteiger charge is -2.15. The molecule has 9 heteroatoms. The third-order valence-corrected chi connectivity index (χ3v) is 4.69. The van der Waals surface area contributed by atoms with Crippen LogP contribution in [0, 0.1) is 13.8 Å². The van der Waals surface area contributed by atoms with Gasteiger partial charge in [0.05, 0.1) is 6.54 Å². The van der Waals surface area contributed by atoms with Gasteiger partial charge in [0.25, 0.3) is 5.56 Å². The van der Waals surface area contributed by atoms with Crippen molar-refractivity contribution in [3.05, 3.63) is 50.2 Å². The minimum atomic E-state index is -0.923. The fraction of sp³-hybridized carbons (Fsp3) is 0.389. The first-order valence-corrected chi connectivity index (χ1v) is 8.50. The van der Waals surface area contributed by atoms with Crippen molar-refractivity contribution in [1.82, 2.24) is 18.7 Å². The first kappa shape index (κ1) is 18.7. The predicted molar refractivity (Wildman–Crippen MR) is 102 cm³/mol. The second-order valence-corrected chi connectivity index (χ2v) is 6.67. The van der Waals surface area contributed by atoms with Gasteiger partial charge in [-0.15, -0.1) is 0 Å². The minimum absolute atomic E-state index is 0.0145. The number of nitrogens with two attached hydrogens (primary N) is 1. The van der Waals surface area contributed by atoms with Gasteiger partial charge < -0.3 is 20.1 Å². The molecule has 27 heavy (non-hydrogen) atoms. The molecule has 3 aromatic rings. The van der Waals surface area contributed by atoms with Gasteiger partial charge in [-0.25, -0.2) is 4.79 Å². The zero-order valence-corrected chi connectivity index (χ0v) is 15.8. The molecule has 0 spiro atoms. The number of anilines is 1. The van der Waals surface area contributed by atoms with Crippen molar-refractivity contribution in [1.29, 1.82) is 0 Å². The van der Waals surface area contributed by atoms with Gasteiger partial charge in [-0.3, -0.25) is 13.9 Å². The lowest BCUT2D eigenvalue weighted by molar-refractivity contribution is 0.0938. The maximum Gasteiger partial charge on any atom is 0.332 e. The molecule has 0 amide bonds. The molecule has 1 atom stereocenters. The van der Waals surface area contributed by atoms with Crippen LogP contribution >= 0.6 is 0 Å². The maximum atomic E-state index is 12.5. The number of aliphatic hydroxyl groups is 1. The van der Waals surface area contributed by atoms with Crippen LogP contribution in [-0.4, -0.2) is 36.5 Å². The summed E-state index contributed by atoms with van der Waals surface area (Å²) in [5.41, 5.74) is 7.52. The van der Waals surface area contributed by atoms with Crippen LogP contribution < -0.4 is 21.7 Å². The fourth-order valence-electron chi connectivity index (χ4n) is 2.91. The molecular formula is C18H23N5O4. The predicted octanol–water partition coefficient (Wildman–Crippen LogP) is 0.0726. The van der Waals surface area contributed by atoms with Gasteiger partial charge in [0, 0.05) is 14.1 Å². The number of nitrogen functional groups attached to an aromatic ring is 1. The number of hydrogen-bond acceptors (Lipinski definition) is 6. The van der Waals surface area contributed by atoms with E-state index in [0.717, 1.165) is 15.7 Å². The van der Waals surface area contributed by atoms with Crippen LogP contribution in [0.4, 0.5) is 5.95 Å². The normalized spacial score (nSPS) is 12.5. The number of nitrogens with zero attached hydrogens (tertiary/aromatic N) is 4. The molecule has 2 aromatic heterocycles. The highest BCUT2D eigenvalue weighted by Crippen LogP contribution is 2.17. The highest BCUT2D eigenvalue weighted by atomic mass is 16.5. The molecule has 0 saturated heterocycles. The Morgan fingerprint density at radius 2 is 1.89 bits per heavy atom. The number of aromatic nitrogens is 4. The molecule has 1 aromatic carbocycles. The second kappa shape index (κ2) is 6.92. The molecule has 144 valence electrons. The van der Waals surface area contributed by atoms with Gasteiger partial charge >= 0.3 is 5.69 Å². The quantitative estimate of drug-likeness (QED) is 0.654. The lowest BCUT2D eigenvalue weighted by Crippen LogP contribution is -2.38. The molecule has 0 radical (unpaired) electrons. The average molecular weight is 373 g/mol. The van der Waals surface area contributed by atoms with Crippen LogP contribution in [0.3, 0.4) is 0 Å². The third kappa shape index (κ3) is 3.33. The zero-order valence-electron chi connectivity index (χ0n) is 15.8. The molecule has 0 saturated carbocycles. The number of aryl methyl sites for hydroxylation is 3. The van der Waals surface area contributed by atoms with Gasteiger partial charge in [0.2, 0.25) is 5.95 Å². The number of rotatable bonds is 5. The summed E-state index contributed by atoms with van der Waals surface area (Å²) in [5, 5.41) is 10.4. The number of hydrogen-bond donors (Lipinski definition) is 2. The molecule has 0 aliphatic heterocycles. The van der Waals surface area contributed by atoms with E-state index in [1.54, 1.807) is 0 Å². The summed E-state index contributed by atoms with van der Waals surface area (Å²) in [4.78, 5) is 28.6. The van der Waals surface area contributed by atoms with Crippen molar-refractivity contribution >= 4 is 17.1 Å². The summed E-state index contributed by atoms with van der Waals surface area (Å²) in [7, 11) is 2.90. The van der Waals surface area contributed by atoms with Crippen molar-refractivity contribution < 1.29 is 9.84 Å². The van der Waals surface area contributed by atoms with Crippen molar-refractivity contribution in [3.8, 4) is 5.75 Å². The molecule has 1 unspecified atom stereocenters. The maximum absolute atomic E-state index is 12.5. The van der Waals surface area contributed by atoms with E-state index in [1.807, 2.05) is 32.0 Å². The molecule has 3 N–H and O–H groups in total. The van der Waals surface area contributed by atoms with Gasteiger partial charge in [-0.05, 0) is 37.1 Å². The second-order valence-electron chi connectivity index (χ2n) is 6.67. The molecule has 2 heterocycles. The Hall–Kier alpha value is -3.07. The highest BCUT2D eigenvalue weighted by Gasteiger charge is 2.19. The van der Waals surface area contributed by atoms with Crippen molar-refractivity contribution in [2.24, 2.45) is 14.1 Å². The van der Waals surface area contributed by atoms with E-state index >= 15 is 0 Å². The number of benzene rings is 1. The SMILES string of the molecule is Cc1ccc(OCC(O)Cn2c(N)nc3c2c(=O)n(C)c(=O)n3C)cc1C. The Morgan fingerprint density at radius 3 is 2.56 bits per heavy atom. The summed E-state index contributed by atoms with van der Waals surface area (Å²) in [6.45, 7) is 4.03. The van der Waals surface area contributed by atoms with Crippen LogP contribution in [0.5, 0.6) is 5.75 Å². The van der Waals surface area contributed by atoms with Crippen LogP contribution in [0.15, 0.2) is 27.8 Å². The van der Waals surface area contributed by atoms with E-state index in [0.29, 0.717) is 5.75 Å². The summed E-state index contributed by atoms with van der Waals surface area (Å²) >= 11 is 0. The van der Waals surface area contributed by atoms with Crippen molar-refractivity contribution in [3.63, 3.8) is 0 Å². The number of ether oxygens (including phenoxy) is 1. The van der Waals surface area contributed by atoms with E-state index in [4.69, 9.17) is 10.5 Å². The van der Waals surface area contributed by atoms with E-state index in [2.05, 4.69) is 4.98 Å². The molecule has 3 rings (SSSR count). The monoisotopic (exact) mass is 373 g/mol. The Bertz CT molecular complexity index is 1130. The Labute approximate surface area is 155 Å². The molecule has 0 aliphatic carbocycles. The van der Waals surface area contributed by atoms with Crippen LogP contribution in [0.2, 0.25) is 0 Å². The average Bonchev–Trinajstić information content (AvgIpc) is 2.95. The fourth-order valence-corrected chi connectivity index (χ4v) is 2.91. The van der Waals surface area contributed by atoms with Gasteiger partial charge in [0.1, 0.15) is 18.5 Å². The van der Waals surface area contributed by atoms with E-state index < -0.39 is 17.4 Å². The first-order chi connectivity index (χ1) is 12.7. The summed E-state index contributed by atoms with van der Waals surface area (Å²) < 4.78 is 9.28. The summed E-state index contributed by atoms with van der Waals surface area (Å²) in [6.07, 6.45) is -0.923. The smallest absolute Gasteiger partial charge is 0.332 e. The summed E-state index contributed by atoms with van der Waals surface area (Å²) in [5.74, 6) is 0.701. The van der Waals surface area contributed by atoms with Gasteiger partial charge in [-0.2, -0.15) is 4.98 Å². The van der Waals surface area contributed by atoms with E-state index in [-0.39, 0.29) is 30.3 Å². The molecule has 0 aliphatic rings. The van der Waals surface area contributed by atoms with E-state index in [9.17, 15) is 14.7 Å². The van der Waals surface area contributed by atoms with E-state index in [1.165, 1.54) is 23.2 Å². The van der Waals surface area contributed by atoms with Gasteiger partial charge in [-0.1, -0.05) is 6.07 Å². The lowest BCUT2D eigenvalue weighted by atomic mass is 10.1. The van der Waals surface area contributed by atoms with Crippen LogP contribution in [0.1, 0.15) is 11.1 Å². The molecular weight excluding hydrogens is 350 g/mol. The number of fused-ring (bicyclic) bond motifs is 1. The number of imidazole rings is 1. The van der Waals surface area contributed by atoms with Crippen molar-refractivity contribution in [2.75, 3.05) is 12.3 Å². The first-order valence-electron chi connectivity index (χ1n) is 8.50. The van der Waals surface area contributed by atoms with Gasteiger partial charge in [0.15, 0.2) is 11.2 Å². The van der Waals surface area contributed by atoms with Crippen LogP contribution in [-0.2, 0) is 20.6 Å². The Kier molecular flexibility index (Phi) is 4.79.